The Morgan fingerprint density at radius 1 is 1.03 bits per heavy atom. The van der Waals surface area contributed by atoms with E-state index in [4.69, 9.17) is 14.6 Å². The molecular weight excluding hydrogens is 399 g/mol. The minimum atomic E-state index is -2.64. The maximum Gasteiger partial charge on any atom is 0.272 e. The molecule has 0 spiro atoms. The number of hydrogen-bond acceptors (Lipinski definition) is 6. The van der Waals surface area contributed by atoms with Gasteiger partial charge in [0.2, 0.25) is 11.8 Å². The fourth-order valence-corrected chi connectivity index (χ4v) is 2.81. The Hall–Kier alpha value is -3.20. The van der Waals surface area contributed by atoms with E-state index in [0.29, 0.717) is 41.2 Å². The predicted octanol–water partition coefficient (Wildman–Crippen LogP) is 3.80. The Morgan fingerprint density at radius 2 is 1.80 bits per heavy atom. The van der Waals surface area contributed by atoms with Gasteiger partial charge >= 0.3 is 0 Å². The van der Waals surface area contributed by atoms with Gasteiger partial charge in [0.1, 0.15) is 11.5 Å². The molecule has 3 aromatic heterocycles. The Bertz CT molecular complexity index is 1000. The Balaban J connectivity index is 1.95. The maximum atomic E-state index is 13.9. The maximum absolute atomic E-state index is 13.9. The van der Waals surface area contributed by atoms with Crippen molar-refractivity contribution in [3.8, 4) is 22.9 Å². The quantitative estimate of drug-likeness (QED) is 0.569. The molecule has 0 saturated carbocycles. The summed E-state index contributed by atoms with van der Waals surface area (Å²) in [4.78, 5) is 12.2. The van der Waals surface area contributed by atoms with Gasteiger partial charge in [-0.3, -0.25) is 4.98 Å². The van der Waals surface area contributed by atoms with Crippen LogP contribution in [0.15, 0.2) is 42.9 Å². The van der Waals surface area contributed by atoms with Crippen molar-refractivity contribution in [1.82, 2.24) is 15.0 Å². The molecule has 9 heteroatoms. The van der Waals surface area contributed by atoms with Crippen LogP contribution in [-0.4, -0.2) is 39.7 Å². The molecule has 3 heterocycles. The zero-order valence-electron chi connectivity index (χ0n) is 16.2. The third kappa shape index (κ3) is 5.44. The average molecular weight is 419 g/mol. The third-order valence-corrected chi connectivity index (χ3v) is 4.12. The minimum Gasteiger partial charge on any atom is -0.478 e. The lowest BCUT2D eigenvalue weighted by Crippen LogP contribution is -2.09. The van der Waals surface area contributed by atoms with Crippen molar-refractivity contribution in [2.24, 2.45) is 0 Å². The molecule has 0 aliphatic heterocycles. The van der Waals surface area contributed by atoms with E-state index in [1.807, 2.05) is 6.92 Å². The number of aliphatic hydroxyl groups excluding tert-OH is 1. The van der Waals surface area contributed by atoms with Crippen LogP contribution < -0.4 is 9.47 Å². The molecule has 0 atom stereocenters. The number of ether oxygens (including phenoxy) is 2. The summed E-state index contributed by atoms with van der Waals surface area (Å²) in [6.45, 7) is 0.966. The van der Waals surface area contributed by atoms with Crippen molar-refractivity contribution in [3.63, 3.8) is 0 Å². The van der Waals surface area contributed by atoms with Crippen LogP contribution in [0.2, 0.25) is 0 Å². The summed E-state index contributed by atoms with van der Waals surface area (Å²) in [5.74, 6) is -0.172. The van der Waals surface area contributed by atoms with Gasteiger partial charge in [-0.2, -0.15) is 0 Å². The minimum absolute atomic E-state index is 0.0337. The summed E-state index contributed by atoms with van der Waals surface area (Å²) in [7, 11) is 0. The van der Waals surface area contributed by atoms with E-state index in [1.165, 1.54) is 24.7 Å². The lowest BCUT2D eigenvalue weighted by atomic mass is 10.0. The van der Waals surface area contributed by atoms with E-state index in [2.05, 4.69) is 15.0 Å². The van der Waals surface area contributed by atoms with Crippen LogP contribution in [0.1, 0.15) is 23.7 Å². The normalized spacial score (nSPS) is 11.0. The van der Waals surface area contributed by atoms with Crippen molar-refractivity contribution in [2.45, 2.75) is 26.4 Å². The van der Waals surface area contributed by atoms with Gasteiger partial charge in [-0.15, -0.1) is 0 Å². The smallest absolute Gasteiger partial charge is 0.272 e. The van der Waals surface area contributed by atoms with Crippen LogP contribution in [0.25, 0.3) is 11.1 Å². The first-order chi connectivity index (χ1) is 14.5. The molecule has 1 N–H and O–H groups in total. The standard InChI is InChI=1S/C21H20F3N3O3/c1-2-29-20-8-15(3-4-25-20)16-6-13(10-27-21(16)30-12-19(23)24)5-14-7-17(22)18(11-28)26-9-14/h3-4,6-10,19,28H,2,5,11-12H2,1H3. The largest absolute Gasteiger partial charge is 0.478 e. The zero-order chi connectivity index (χ0) is 21.5. The van der Waals surface area contributed by atoms with Gasteiger partial charge in [0.05, 0.1) is 13.2 Å². The topological polar surface area (TPSA) is 77.4 Å². The third-order valence-electron chi connectivity index (χ3n) is 4.12. The second-order valence-corrected chi connectivity index (χ2v) is 6.32. The highest BCUT2D eigenvalue weighted by atomic mass is 19.3. The molecule has 6 nitrogen and oxygen atoms in total. The van der Waals surface area contributed by atoms with Crippen molar-refractivity contribution in [3.05, 3.63) is 65.5 Å². The monoisotopic (exact) mass is 419 g/mol. The number of halogens is 3. The van der Waals surface area contributed by atoms with Crippen molar-refractivity contribution in [2.75, 3.05) is 13.2 Å². The Kier molecular flexibility index (Phi) is 7.18. The molecule has 3 rings (SSSR count). The first-order valence-corrected chi connectivity index (χ1v) is 9.23. The lowest BCUT2D eigenvalue weighted by Gasteiger charge is -2.13. The molecule has 3 aromatic rings. The molecule has 0 saturated heterocycles. The summed E-state index contributed by atoms with van der Waals surface area (Å²) in [6.07, 6.45) is 2.14. The number of aliphatic hydroxyl groups is 1. The molecule has 0 aliphatic carbocycles. The summed E-state index contributed by atoms with van der Waals surface area (Å²) < 4.78 is 49.8. The van der Waals surface area contributed by atoms with Crippen LogP contribution in [0.5, 0.6) is 11.8 Å². The van der Waals surface area contributed by atoms with Crippen LogP contribution in [-0.2, 0) is 13.0 Å². The second-order valence-electron chi connectivity index (χ2n) is 6.32. The molecule has 0 aliphatic rings. The SMILES string of the molecule is CCOc1cc(-c2cc(Cc3cnc(CO)c(F)c3)cnc2OCC(F)F)ccn1. The Morgan fingerprint density at radius 3 is 2.50 bits per heavy atom. The van der Waals surface area contributed by atoms with Crippen molar-refractivity contribution >= 4 is 0 Å². The summed E-state index contributed by atoms with van der Waals surface area (Å²) in [5, 5.41) is 9.05. The molecule has 158 valence electrons. The van der Waals surface area contributed by atoms with Crippen LogP contribution >= 0.6 is 0 Å². The molecule has 0 fully saturated rings. The fraction of sp³-hybridized carbons (Fsp3) is 0.286. The molecule has 0 amide bonds. The van der Waals surface area contributed by atoms with E-state index in [-0.39, 0.29) is 11.6 Å². The number of hydrogen-bond donors (Lipinski definition) is 1. The van der Waals surface area contributed by atoms with E-state index >= 15 is 0 Å². The fourth-order valence-electron chi connectivity index (χ4n) is 2.81. The summed E-state index contributed by atoms with van der Waals surface area (Å²) >= 11 is 0. The van der Waals surface area contributed by atoms with E-state index in [0.717, 1.165) is 0 Å². The lowest BCUT2D eigenvalue weighted by molar-refractivity contribution is 0.0799. The molecule has 0 aromatic carbocycles. The predicted molar refractivity (Wildman–Crippen MR) is 103 cm³/mol. The van der Waals surface area contributed by atoms with Crippen molar-refractivity contribution < 1.29 is 27.8 Å². The first kappa shape index (κ1) is 21.5. The summed E-state index contributed by atoms with van der Waals surface area (Å²) in [5.41, 5.74) is 2.35. The van der Waals surface area contributed by atoms with Crippen molar-refractivity contribution in [1.29, 1.82) is 0 Å². The number of pyridine rings is 3. The number of aromatic nitrogens is 3. The first-order valence-electron chi connectivity index (χ1n) is 9.23. The van der Waals surface area contributed by atoms with Gasteiger partial charge in [0, 0.05) is 36.6 Å². The molecule has 30 heavy (non-hydrogen) atoms. The highest BCUT2D eigenvalue weighted by Crippen LogP contribution is 2.31. The van der Waals surface area contributed by atoms with E-state index in [9.17, 15) is 13.2 Å². The number of nitrogens with zero attached hydrogens (tertiary/aromatic N) is 3. The Labute approximate surface area is 171 Å². The second kappa shape index (κ2) is 10.0. The highest BCUT2D eigenvalue weighted by molar-refractivity contribution is 5.70. The van der Waals surface area contributed by atoms with Gasteiger partial charge in [0.25, 0.3) is 6.43 Å². The van der Waals surface area contributed by atoms with Gasteiger partial charge in [0.15, 0.2) is 6.61 Å². The zero-order valence-corrected chi connectivity index (χ0v) is 16.2. The average Bonchev–Trinajstić information content (AvgIpc) is 2.73. The van der Waals surface area contributed by atoms with Crippen LogP contribution in [0.4, 0.5) is 13.2 Å². The molecule has 0 unspecified atom stereocenters. The van der Waals surface area contributed by atoms with Crippen LogP contribution in [0, 0.1) is 5.82 Å². The summed E-state index contributed by atoms with van der Waals surface area (Å²) in [6, 6.07) is 6.38. The van der Waals surface area contributed by atoms with E-state index in [1.54, 1.807) is 18.2 Å². The van der Waals surface area contributed by atoms with Crippen LogP contribution in [0.3, 0.4) is 0 Å². The molecular formula is C21H20F3N3O3. The van der Waals surface area contributed by atoms with Gasteiger partial charge in [-0.05, 0) is 41.8 Å². The highest BCUT2D eigenvalue weighted by Gasteiger charge is 2.14. The number of rotatable bonds is 9. The van der Waals surface area contributed by atoms with Gasteiger partial charge in [-0.25, -0.2) is 23.1 Å². The molecule has 0 radical (unpaired) electrons. The van der Waals surface area contributed by atoms with Gasteiger partial charge < -0.3 is 14.6 Å². The van der Waals surface area contributed by atoms with E-state index < -0.39 is 25.5 Å². The molecule has 0 bridgehead atoms. The van der Waals surface area contributed by atoms with Gasteiger partial charge in [-0.1, -0.05) is 0 Å². The number of alkyl halides is 2.